The van der Waals surface area contributed by atoms with Crippen molar-refractivity contribution in [1.29, 1.82) is 0 Å². The molecule has 16 nitrogen and oxygen atoms in total. The second-order valence-electron chi connectivity index (χ2n) is 7.15. The van der Waals surface area contributed by atoms with Crippen LogP contribution in [0.5, 0.6) is 0 Å². The van der Waals surface area contributed by atoms with Gasteiger partial charge in [-0.3, -0.25) is 28.3 Å². The van der Waals surface area contributed by atoms with Gasteiger partial charge in [0.25, 0.3) is 43.9 Å². The summed E-state index contributed by atoms with van der Waals surface area (Å²) in [6.07, 6.45) is -3.34. The Morgan fingerprint density at radius 3 is 1.62 bits per heavy atom. The molecule has 0 saturated carbocycles. The Morgan fingerprint density at radius 1 is 0.794 bits per heavy atom. The quantitative estimate of drug-likeness (QED) is 0.172. The number of unbranched alkanes of at least 4 members (excludes halogenated alkanes) is 2. The van der Waals surface area contributed by atoms with Gasteiger partial charge in [-0.1, -0.05) is 12.8 Å². The largest absolute Gasteiger partial charge is 0.333 e. The standard InChI is InChI=1S/C16H20N2O14S2/c19-11-7-9(33(25,26)27)15(23)17(11)31-13(21)5-3-1-2-4-6-14(22)32-18-12(20)8-10(16(18)24)34(28,29)30/h9-10H,1-8H2,(H,25,26,27)(H,28,29,30)/i5D. The summed E-state index contributed by atoms with van der Waals surface area (Å²) in [7, 11) is -9.74. The third-order valence-corrected chi connectivity index (χ3v) is 6.79. The van der Waals surface area contributed by atoms with Crippen molar-refractivity contribution in [3.63, 3.8) is 0 Å². The molecule has 0 aromatic heterocycles. The molecule has 2 aliphatic heterocycles. The summed E-state index contributed by atoms with van der Waals surface area (Å²) in [5.74, 6) is -7.56. The van der Waals surface area contributed by atoms with Crippen LogP contribution in [0.3, 0.4) is 0 Å². The first-order valence-electron chi connectivity index (χ1n) is 10.1. The van der Waals surface area contributed by atoms with E-state index in [1.807, 2.05) is 0 Å². The minimum atomic E-state index is -4.89. The van der Waals surface area contributed by atoms with Crippen LogP contribution in [0.4, 0.5) is 0 Å². The molecule has 18 heteroatoms. The van der Waals surface area contributed by atoms with E-state index in [0.717, 1.165) is 0 Å². The van der Waals surface area contributed by atoms with E-state index in [-0.39, 0.29) is 42.2 Å². The van der Waals surface area contributed by atoms with Crippen molar-refractivity contribution in [1.82, 2.24) is 10.1 Å². The number of carbonyl (C=O) groups is 6. The number of hydroxylamine groups is 4. The van der Waals surface area contributed by atoms with E-state index in [9.17, 15) is 45.6 Å². The predicted molar refractivity (Wildman–Crippen MR) is 103 cm³/mol. The Hall–Kier alpha value is -2.96. The number of rotatable bonds is 11. The molecule has 34 heavy (non-hydrogen) atoms. The van der Waals surface area contributed by atoms with Gasteiger partial charge in [-0.2, -0.15) is 16.8 Å². The lowest BCUT2D eigenvalue weighted by atomic mass is 10.1. The lowest BCUT2D eigenvalue weighted by Gasteiger charge is -2.13. The average Bonchev–Trinajstić information content (AvgIpc) is 3.18. The van der Waals surface area contributed by atoms with Crippen molar-refractivity contribution in [2.75, 3.05) is 0 Å². The molecule has 0 aliphatic carbocycles. The maximum absolute atomic E-state index is 11.9. The van der Waals surface area contributed by atoms with Crippen LogP contribution in [-0.2, 0) is 58.7 Å². The Bertz CT molecular complexity index is 1150. The SMILES string of the molecule is [2H]C(CCCCCC(=O)ON1C(=O)CC(S(=O)(=O)O)C1=O)C(=O)ON1C(=O)CC(S(=O)(=O)O)C1=O. The normalized spacial score (nSPS) is 22.7. The molecule has 3 unspecified atom stereocenters. The minimum Gasteiger partial charge on any atom is -0.330 e. The van der Waals surface area contributed by atoms with Crippen LogP contribution in [-0.4, -0.2) is 82.1 Å². The van der Waals surface area contributed by atoms with Crippen molar-refractivity contribution in [2.24, 2.45) is 0 Å². The zero-order chi connectivity index (χ0) is 26.7. The minimum absolute atomic E-state index is 0.0376. The van der Waals surface area contributed by atoms with E-state index < -0.39 is 85.5 Å². The highest BCUT2D eigenvalue weighted by atomic mass is 32.2. The highest BCUT2D eigenvalue weighted by molar-refractivity contribution is 7.87. The van der Waals surface area contributed by atoms with Gasteiger partial charge in [-0.25, -0.2) is 9.59 Å². The number of hydrogen-bond acceptors (Lipinski definition) is 12. The average molecular weight is 529 g/mol. The van der Waals surface area contributed by atoms with E-state index in [1.54, 1.807) is 0 Å². The highest BCUT2D eigenvalue weighted by Gasteiger charge is 2.49. The highest BCUT2D eigenvalue weighted by Crippen LogP contribution is 2.21. The molecule has 0 aromatic rings. The van der Waals surface area contributed by atoms with Gasteiger partial charge < -0.3 is 9.68 Å². The topological polar surface area (TPSA) is 236 Å². The summed E-state index contributed by atoms with van der Waals surface area (Å²) in [6, 6.07) is 0. The van der Waals surface area contributed by atoms with E-state index in [1.165, 1.54) is 0 Å². The predicted octanol–water partition coefficient (Wildman–Crippen LogP) is -1.73. The first-order chi connectivity index (χ1) is 16.0. The van der Waals surface area contributed by atoms with E-state index >= 15 is 0 Å². The summed E-state index contributed by atoms with van der Waals surface area (Å²) in [5, 5.41) is -4.31. The van der Waals surface area contributed by atoms with Crippen LogP contribution in [0, 0.1) is 0 Å². The second-order valence-corrected chi connectivity index (χ2v) is 10.3. The second kappa shape index (κ2) is 10.5. The molecule has 190 valence electrons. The molecule has 4 amide bonds. The molecule has 0 aromatic carbocycles. The number of carbonyl (C=O) groups excluding carboxylic acids is 6. The van der Waals surface area contributed by atoms with Gasteiger partial charge in [-0.05, 0) is 12.8 Å². The third-order valence-electron chi connectivity index (χ3n) is 4.61. The summed E-state index contributed by atoms with van der Waals surface area (Å²) >= 11 is 0. The smallest absolute Gasteiger partial charge is 0.330 e. The Morgan fingerprint density at radius 2 is 1.21 bits per heavy atom. The molecule has 0 radical (unpaired) electrons. The van der Waals surface area contributed by atoms with Crippen molar-refractivity contribution in [3.05, 3.63) is 0 Å². The summed E-state index contributed by atoms with van der Waals surface area (Å²) in [4.78, 5) is 79.6. The van der Waals surface area contributed by atoms with Crippen LogP contribution in [0.2, 0.25) is 0 Å². The van der Waals surface area contributed by atoms with Gasteiger partial charge in [-0.15, -0.1) is 10.1 Å². The van der Waals surface area contributed by atoms with Crippen LogP contribution in [0.25, 0.3) is 0 Å². The van der Waals surface area contributed by atoms with Gasteiger partial charge >= 0.3 is 11.9 Å². The number of hydrogen-bond donors (Lipinski definition) is 2. The van der Waals surface area contributed by atoms with Crippen LogP contribution < -0.4 is 0 Å². The zero-order valence-corrected chi connectivity index (χ0v) is 18.8. The molecule has 2 N–H and O–H groups in total. The fourth-order valence-electron chi connectivity index (χ4n) is 2.91. The van der Waals surface area contributed by atoms with E-state index in [2.05, 4.69) is 9.68 Å². The van der Waals surface area contributed by atoms with Crippen molar-refractivity contribution in [3.8, 4) is 0 Å². The van der Waals surface area contributed by atoms with Crippen LogP contribution in [0.15, 0.2) is 0 Å². The first kappa shape index (κ1) is 25.7. The Kier molecular flexibility index (Phi) is 7.95. The monoisotopic (exact) mass is 529 g/mol. The summed E-state index contributed by atoms with van der Waals surface area (Å²) < 4.78 is 69.7. The van der Waals surface area contributed by atoms with E-state index in [4.69, 9.17) is 10.5 Å². The van der Waals surface area contributed by atoms with Gasteiger partial charge in [0.15, 0.2) is 10.5 Å². The molecule has 2 saturated heterocycles. The molecule has 0 bridgehead atoms. The van der Waals surface area contributed by atoms with Gasteiger partial charge in [0, 0.05) is 14.2 Å². The first-order valence-corrected chi connectivity index (χ1v) is 12.6. The molecule has 2 heterocycles. The lowest BCUT2D eigenvalue weighted by Crippen LogP contribution is -2.36. The summed E-state index contributed by atoms with van der Waals surface area (Å²) in [5.41, 5.74) is 0. The van der Waals surface area contributed by atoms with Crippen LogP contribution >= 0.6 is 0 Å². The molecular weight excluding hydrogens is 508 g/mol. The third kappa shape index (κ3) is 6.78. The van der Waals surface area contributed by atoms with Crippen LogP contribution in [0.1, 0.15) is 52.7 Å². The Labute approximate surface area is 193 Å². The van der Waals surface area contributed by atoms with E-state index in [0.29, 0.717) is 0 Å². The molecule has 3 atom stereocenters. The lowest BCUT2D eigenvalue weighted by molar-refractivity contribution is -0.197. The van der Waals surface area contributed by atoms with Crippen molar-refractivity contribution < 1.29 is 65.8 Å². The van der Waals surface area contributed by atoms with Crippen molar-refractivity contribution >= 4 is 55.8 Å². The fraction of sp³-hybridized carbons (Fsp3) is 0.625. The number of nitrogens with zero attached hydrogens (tertiary/aromatic N) is 2. The summed E-state index contributed by atoms with van der Waals surface area (Å²) in [6.45, 7) is 0. The van der Waals surface area contributed by atoms with Crippen molar-refractivity contribution in [2.45, 2.75) is 61.8 Å². The van der Waals surface area contributed by atoms with Gasteiger partial charge in [0.1, 0.15) is 0 Å². The molecule has 0 spiro atoms. The van der Waals surface area contributed by atoms with Gasteiger partial charge in [0.05, 0.1) is 12.8 Å². The zero-order valence-electron chi connectivity index (χ0n) is 18.2. The maximum Gasteiger partial charge on any atom is 0.333 e. The maximum atomic E-state index is 11.9. The number of imide groups is 2. The molecule has 2 aliphatic rings. The molecule has 2 rings (SSSR count). The van der Waals surface area contributed by atoms with Gasteiger partial charge in [0.2, 0.25) is 0 Å². The molecular formula is C16H20N2O14S2. The number of amides is 4. The fourth-order valence-corrected chi connectivity index (χ4v) is 4.31. The molecule has 2 fully saturated rings. The Balaban J connectivity index is 1.71.